The van der Waals surface area contributed by atoms with Gasteiger partial charge in [-0.2, -0.15) is 0 Å². The van der Waals surface area contributed by atoms with Gasteiger partial charge in [-0.15, -0.1) is 0 Å². The topological polar surface area (TPSA) is 58.1 Å². The molecule has 1 aromatic carbocycles. The number of anilines is 1. The van der Waals surface area contributed by atoms with Crippen molar-refractivity contribution in [3.63, 3.8) is 0 Å². The first-order valence-electron chi connectivity index (χ1n) is 8.72. The number of carbonyl (C=O) groups is 1. The Morgan fingerprint density at radius 1 is 1.04 bits per heavy atom. The number of piperidine rings is 1. The van der Waals surface area contributed by atoms with Crippen molar-refractivity contribution in [2.45, 2.75) is 32.1 Å². The Morgan fingerprint density at radius 2 is 1.75 bits per heavy atom. The first-order valence-corrected chi connectivity index (χ1v) is 8.72. The van der Waals surface area contributed by atoms with E-state index in [2.05, 4.69) is 39.6 Å². The number of aryl methyl sites for hydroxylation is 1. The number of nitrogens with one attached hydrogen (secondary N) is 1. The second kappa shape index (κ2) is 8.43. The summed E-state index contributed by atoms with van der Waals surface area (Å²) in [6.07, 6.45) is 8.70. The Bertz CT molecular complexity index is 636. The van der Waals surface area contributed by atoms with Crippen LogP contribution in [0.1, 0.15) is 41.6 Å². The number of carbonyl (C=O) groups excluding carboxylic acids is 1. The lowest BCUT2D eigenvalue weighted by molar-refractivity contribution is 0.0723. The molecule has 0 atom stereocenters. The second-order valence-electron chi connectivity index (χ2n) is 6.16. The van der Waals surface area contributed by atoms with Crippen LogP contribution in [0.2, 0.25) is 0 Å². The summed E-state index contributed by atoms with van der Waals surface area (Å²) in [6, 6.07) is 10.4. The molecule has 0 aliphatic carbocycles. The van der Waals surface area contributed by atoms with Crippen molar-refractivity contribution in [3.05, 3.63) is 53.9 Å². The molecule has 1 amide bonds. The van der Waals surface area contributed by atoms with Crippen LogP contribution in [0.4, 0.5) is 5.95 Å². The molecule has 126 valence electrons. The van der Waals surface area contributed by atoms with E-state index in [1.807, 2.05) is 11.0 Å². The molecule has 5 heteroatoms. The Labute approximate surface area is 143 Å². The van der Waals surface area contributed by atoms with E-state index in [1.165, 1.54) is 12.0 Å². The number of benzene rings is 1. The van der Waals surface area contributed by atoms with Crippen molar-refractivity contribution in [3.8, 4) is 0 Å². The van der Waals surface area contributed by atoms with Gasteiger partial charge in [-0.1, -0.05) is 30.3 Å². The van der Waals surface area contributed by atoms with Crippen LogP contribution < -0.4 is 5.32 Å². The van der Waals surface area contributed by atoms with E-state index in [1.54, 1.807) is 12.4 Å². The fourth-order valence-electron chi connectivity index (χ4n) is 2.95. The molecule has 1 fully saturated rings. The Kier molecular flexibility index (Phi) is 5.77. The van der Waals surface area contributed by atoms with Crippen LogP contribution in [0.15, 0.2) is 42.7 Å². The molecular formula is C19H24N4O. The average molecular weight is 324 g/mol. The Hall–Kier alpha value is -2.43. The lowest BCUT2D eigenvalue weighted by Gasteiger charge is -2.26. The minimum Gasteiger partial charge on any atom is -0.354 e. The quantitative estimate of drug-likeness (QED) is 0.829. The number of nitrogens with zero attached hydrogens (tertiary/aromatic N) is 3. The smallest absolute Gasteiger partial charge is 0.256 e. The summed E-state index contributed by atoms with van der Waals surface area (Å²) in [5.74, 6) is 0.628. The summed E-state index contributed by atoms with van der Waals surface area (Å²) >= 11 is 0. The summed E-state index contributed by atoms with van der Waals surface area (Å²) in [7, 11) is 0. The molecule has 24 heavy (non-hydrogen) atoms. The molecule has 1 N–H and O–H groups in total. The molecule has 0 unspecified atom stereocenters. The summed E-state index contributed by atoms with van der Waals surface area (Å²) in [5.41, 5.74) is 1.91. The summed E-state index contributed by atoms with van der Waals surface area (Å²) in [4.78, 5) is 22.8. The molecule has 5 nitrogen and oxygen atoms in total. The van der Waals surface area contributed by atoms with Gasteiger partial charge >= 0.3 is 0 Å². The third-order valence-electron chi connectivity index (χ3n) is 4.31. The van der Waals surface area contributed by atoms with E-state index in [0.29, 0.717) is 11.5 Å². The van der Waals surface area contributed by atoms with E-state index < -0.39 is 0 Å². The maximum Gasteiger partial charge on any atom is 0.256 e. The van der Waals surface area contributed by atoms with Crippen LogP contribution in [0.5, 0.6) is 0 Å². The van der Waals surface area contributed by atoms with E-state index >= 15 is 0 Å². The SMILES string of the molecule is O=C(c1cnc(NCCCc2ccccc2)nc1)N1CCCCC1. The summed E-state index contributed by atoms with van der Waals surface area (Å²) < 4.78 is 0. The van der Waals surface area contributed by atoms with Crippen LogP contribution in [0.3, 0.4) is 0 Å². The molecule has 0 bridgehead atoms. The molecule has 2 heterocycles. The number of hydrogen-bond donors (Lipinski definition) is 1. The number of amides is 1. The van der Waals surface area contributed by atoms with E-state index in [4.69, 9.17) is 0 Å². The monoisotopic (exact) mass is 324 g/mol. The molecular weight excluding hydrogens is 300 g/mol. The van der Waals surface area contributed by atoms with Crippen LogP contribution in [-0.4, -0.2) is 40.4 Å². The van der Waals surface area contributed by atoms with Crippen molar-refractivity contribution in [1.29, 1.82) is 0 Å². The molecule has 1 aliphatic rings. The fourth-order valence-corrected chi connectivity index (χ4v) is 2.95. The van der Waals surface area contributed by atoms with E-state index in [9.17, 15) is 4.79 Å². The van der Waals surface area contributed by atoms with Gasteiger partial charge in [-0.05, 0) is 37.7 Å². The minimum absolute atomic E-state index is 0.0466. The zero-order chi connectivity index (χ0) is 16.6. The highest BCUT2D eigenvalue weighted by atomic mass is 16.2. The van der Waals surface area contributed by atoms with Crippen molar-refractivity contribution >= 4 is 11.9 Å². The lowest BCUT2D eigenvalue weighted by Crippen LogP contribution is -2.35. The van der Waals surface area contributed by atoms with Gasteiger partial charge in [0, 0.05) is 32.0 Å². The largest absolute Gasteiger partial charge is 0.354 e. The van der Waals surface area contributed by atoms with Crippen molar-refractivity contribution in [1.82, 2.24) is 14.9 Å². The Morgan fingerprint density at radius 3 is 2.46 bits per heavy atom. The molecule has 1 aliphatic heterocycles. The van der Waals surface area contributed by atoms with Crippen LogP contribution >= 0.6 is 0 Å². The highest BCUT2D eigenvalue weighted by Gasteiger charge is 2.18. The maximum absolute atomic E-state index is 12.4. The Balaban J connectivity index is 1.45. The van der Waals surface area contributed by atoms with Crippen molar-refractivity contribution < 1.29 is 4.79 Å². The average Bonchev–Trinajstić information content (AvgIpc) is 2.67. The van der Waals surface area contributed by atoms with Gasteiger partial charge in [0.05, 0.1) is 5.56 Å². The van der Waals surface area contributed by atoms with E-state index in [0.717, 1.165) is 45.3 Å². The molecule has 1 saturated heterocycles. The van der Waals surface area contributed by atoms with Gasteiger partial charge in [0.2, 0.25) is 5.95 Å². The fraction of sp³-hybridized carbons (Fsp3) is 0.421. The molecule has 0 saturated carbocycles. The van der Waals surface area contributed by atoms with Crippen LogP contribution in [0.25, 0.3) is 0 Å². The number of rotatable bonds is 6. The van der Waals surface area contributed by atoms with E-state index in [-0.39, 0.29) is 5.91 Å². The van der Waals surface area contributed by atoms with Gasteiger partial charge in [0.15, 0.2) is 0 Å². The normalized spacial score (nSPS) is 14.4. The standard InChI is InChI=1S/C19H24N4O/c24-18(23-12-5-2-6-13-23)17-14-21-19(22-15-17)20-11-7-10-16-8-3-1-4-9-16/h1,3-4,8-9,14-15H,2,5-7,10-13H2,(H,20,21,22). The number of likely N-dealkylation sites (tertiary alicyclic amines) is 1. The van der Waals surface area contributed by atoms with Crippen molar-refractivity contribution in [2.75, 3.05) is 25.0 Å². The van der Waals surface area contributed by atoms with Gasteiger partial charge in [-0.3, -0.25) is 4.79 Å². The van der Waals surface area contributed by atoms with Gasteiger partial charge < -0.3 is 10.2 Å². The number of hydrogen-bond acceptors (Lipinski definition) is 4. The highest BCUT2D eigenvalue weighted by molar-refractivity contribution is 5.93. The highest BCUT2D eigenvalue weighted by Crippen LogP contribution is 2.12. The van der Waals surface area contributed by atoms with Crippen molar-refractivity contribution in [2.24, 2.45) is 0 Å². The first-order chi connectivity index (χ1) is 11.8. The minimum atomic E-state index is 0.0466. The molecule has 2 aromatic rings. The number of aromatic nitrogens is 2. The maximum atomic E-state index is 12.4. The molecule has 0 spiro atoms. The third-order valence-corrected chi connectivity index (χ3v) is 4.31. The molecule has 1 aromatic heterocycles. The predicted octanol–water partition coefficient (Wildman–Crippen LogP) is 3.15. The second-order valence-corrected chi connectivity index (χ2v) is 6.16. The van der Waals surface area contributed by atoms with Gasteiger partial charge in [0.25, 0.3) is 5.91 Å². The van der Waals surface area contributed by atoms with Gasteiger partial charge in [0.1, 0.15) is 0 Å². The predicted molar refractivity (Wildman–Crippen MR) is 95.0 cm³/mol. The summed E-state index contributed by atoms with van der Waals surface area (Å²) in [6.45, 7) is 2.50. The summed E-state index contributed by atoms with van der Waals surface area (Å²) in [5, 5.41) is 3.21. The molecule has 3 rings (SSSR count). The van der Waals surface area contributed by atoms with Crippen LogP contribution in [0, 0.1) is 0 Å². The van der Waals surface area contributed by atoms with Gasteiger partial charge in [-0.25, -0.2) is 9.97 Å². The zero-order valence-corrected chi connectivity index (χ0v) is 13.9. The first kappa shape index (κ1) is 16.4. The third kappa shape index (κ3) is 4.54. The molecule has 0 radical (unpaired) electrons. The van der Waals surface area contributed by atoms with Crippen LogP contribution in [-0.2, 0) is 6.42 Å². The lowest BCUT2D eigenvalue weighted by atomic mass is 10.1. The zero-order valence-electron chi connectivity index (χ0n) is 13.9.